The fourth-order valence-corrected chi connectivity index (χ4v) is 2.75. The molecule has 2 rings (SSSR count). The monoisotopic (exact) mass is 394 g/mol. The second-order valence-electron chi connectivity index (χ2n) is 7.38. The number of hydrogen-bond donors (Lipinski definition) is 1. The van der Waals surface area contributed by atoms with E-state index < -0.39 is 36.0 Å². The van der Waals surface area contributed by atoms with Crippen LogP contribution in [-0.4, -0.2) is 71.1 Å². The number of amides is 2. The van der Waals surface area contributed by atoms with E-state index in [-0.39, 0.29) is 19.7 Å². The summed E-state index contributed by atoms with van der Waals surface area (Å²) < 4.78 is 15.8. The van der Waals surface area contributed by atoms with Crippen LogP contribution in [0, 0.1) is 0 Å². The first-order valence-electron chi connectivity index (χ1n) is 8.85. The van der Waals surface area contributed by atoms with Crippen LogP contribution in [0.4, 0.5) is 9.59 Å². The van der Waals surface area contributed by atoms with E-state index in [2.05, 4.69) is 0 Å². The maximum atomic E-state index is 12.5. The van der Waals surface area contributed by atoms with Crippen molar-refractivity contribution in [2.24, 2.45) is 0 Å². The van der Waals surface area contributed by atoms with Crippen LogP contribution in [0.2, 0.25) is 0 Å². The fourth-order valence-electron chi connectivity index (χ4n) is 2.75. The van der Waals surface area contributed by atoms with Crippen molar-refractivity contribution in [2.45, 2.75) is 45.2 Å². The highest BCUT2D eigenvalue weighted by atomic mass is 16.6. The maximum Gasteiger partial charge on any atom is 0.413 e. The average Bonchev–Trinajstić information content (AvgIpc) is 2.64. The number of benzene rings is 1. The number of carboxylic acid groups (broad SMARTS) is 1. The van der Waals surface area contributed by atoms with E-state index in [1.165, 1.54) is 12.0 Å². The van der Waals surface area contributed by atoms with E-state index in [0.717, 1.165) is 10.5 Å². The summed E-state index contributed by atoms with van der Waals surface area (Å²) >= 11 is 0. The van der Waals surface area contributed by atoms with E-state index in [0.29, 0.717) is 0 Å². The van der Waals surface area contributed by atoms with Crippen molar-refractivity contribution < 1.29 is 33.7 Å². The molecule has 0 radical (unpaired) electrons. The van der Waals surface area contributed by atoms with Gasteiger partial charge in [-0.05, 0) is 26.3 Å². The molecule has 28 heavy (non-hydrogen) atoms. The topological polar surface area (TPSA) is 106 Å². The number of aliphatic carboxylic acids is 1. The normalized spacial score (nSPS) is 19.9. The van der Waals surface area contributed by atoms with Gasteiger partial charge >= 0.3 is 18.2 Å². The summed E-state index contributed by atoms with van der Waals surface area (Å²) in [6.07, 6.45) is -2.47. The number of piperazine rings is 1. The highest BCUT2D eigenvalue weighted by Gasteiger charge is 2.45. The summed E-state index contributed by atoms with van der Waals surface area (Å²) in [6.45, 7) is 4.83. The molecule has 9 nitrogen and oxygen atoms in total. The van der Waals surface area contributed by atoms with Gasteiger partial charge in [0, 0.05) is 7.11 Å². The molecule has 1 aliphatic heterocycles. The zero-order valence-corrected chi connectivity index (χ0v) is 16.5. The highest BCUT2D eigenvalue weighted by Crippen LogP contribution is 2.22. The summed E-state index contributed by atoms with van der Waals surface area (Å²) in [7, 11) is 1.33. The second-order valence-corrected chi connectivity index (χ2v) is 7.38. The molecule has 2 atom stereocenters. The highest BCUT2D eigenvalue weighted by molar-refractivity contribution is 5.82. The van der Waals surface area contributed by atoms with Crippen LogP contribution < -0.4 is 0 Å². The zero-order valence-electron chi connectivity index (χ0n) is 16.5. The lowest BCUT2D eigenvalue weighted by molar-refractivity contribution is -0.157. The number of carboxylic acids is 1. The van der Waals surface area contributed by atoms with Crippen molar-refractivity contribution in [3.63, 3.8) is 0 Å². The number of carbonyl (C=O) groups excluding carboxylic acids is 2. The third-order valence-corrected chi connectivity index (χ3v) is 4.04. The van der Waals surface area contributed by atoms with Gasteiger partial charge in [-0.15, -0.1) is 0 Å². The molecule has 9 heteroatoms. The van der Waals surface area contributed by atoms with Crippen LogP contribution in [0.1, 0.15) is 26.3 Å². The molecule has 1 aliphatic rings. The predicted octanol–water partition coefficient (Wildman–Crippen LogP) is 2.30. The van der Waals surface area contributed by atoms with Gasteiger partial charge in [0.1, 0.15) is 12.2 Å². The summed E-state index contributed by atoms with van der Waals surface area (Å²) in [5.41, 5.74) is 0.00536. The molecule has 0 aromatic heterocycles. The SMILES string of the molecule is COC1CN(C(=O)OCc2ccccc2)CC(C(=O)O)N1C(=O)OC(C)(C)C. The van der Waals surface area contributed by atoms with Crippen molar-refractivity contribution in [1.29, 1.82) is 0 Å². The Morgan fingerprint density at radius 1 is 1.11 bits per heavy atom. The van der Waals surface area contributed by atoms with Gasteiger partial charge in [0.05, 0.1) is 13.1 Å². The zero-order chi connectivity index (χ0) is 20.9. The molecule has 1 saturated heterocycles. The number of rotatable bonds is 4. The number of ether oxygens (including phenoxy) is 3. The molecule has 0 spiro atoms. The van der Waals surface area contributed by atoms with Gasteiger partial charge in [0.25, 0.3) is 0 Å². The molecule has 2 unspecified atom stereocenters. The summed E-state index contributed by atoms with van der Waals surface area (Å²) in [5, 5.41) is 9.59. The molecule has 2 amide bonds. The first kappa shape index (κ1) is 21.5. The Bertz CT molecular complexity index is 702. The van der Waals surface area contributed by atoms with Gasteiger partial charge in [-0.2, -0.15) is 0 Å². The number of nitrogens with zero attached hydrogens (tertiary/aromatic N) is 2. The van der Waals surface area contributed by atoms with E-state index in [4.69, 9.17) is 14.2 Å². The minimum Gasteiger partial charge on any atom is -0.480 e. The van der Waals surface area contributed by atoms with Crippen LogP contribution in [-0.2, 0) is 25.6 Å². The summed E-state index contributed by atoms with van der Waals surface area (Å²) in [4.78, 5) is 38.9. The molecule has 154 valence electrons. The number of carbonyl (C=O) groups is 3. The molecule has 0 bridgehead atoms. The van der Waals surface area contributed by atoms with Crippen molar-refractivity contribution in [2.75, 3.05) is 20.2 Å². The molecule has 0 aliphatic carbocycles. The van der Waals surface area contributed by atoms with Crippen molar-refractivity contribution in [1.82, 2.24) is 9.80 Å². The standard InChI is InChI=1S/C19H26N2O7/c1-19(2,3)28-18(25)21-14(16(22)23)10-20(11-15(21)26-4)17(24)27-12-13-8-6-5-7-9-13/h5-9,14-15H,10-12H2,1-4H3,(H,22,23). The molecular formula is C19H26N2O7. The Balaban J connectivity index is 2.11. The molecule has 1 N–H and O–H groups in total. The Kier molecular flexibility index (Phi) is 6.85. The minimum atomic E-state index is -1.32. The first-order valence-corrected chi connectivity index (χ1v) is 8.85. The third-order valence-electron chi connectivity index (χ3n) is 4.04. The van der Waals surface area contributed by atoms with E-state index in [1.54, 1.807) is 20.8 Å². The van der Waals surface area contributed by atoms with Crippen LogP contribution in [0.3, 0.4) is 0 Å². The van der Waals surface area contributed by atoms with Crippen molar-refractivity contribution in [3.8, 4) is 0 Å². The van der Waals surface area contributed by atoms with Crippen LogP contribution in [0.15, 0.2) is 30.3 Å². The van der Waals surface area contributed by atoms with Crippen LogP contribution in [0.5, 0.6) is 0 Å². The van der Waals surface area contributed by atoms with Crippen molar-refractivity contribution >= 4 is 18.2 Å². The number of hydrogen-bond acceptors (Lipinski definition) is 6. The Hall–Kier alpha value is -2.81. The quantitative estimate of drug-likeness (QED) is 0.835. The molecule has 1 aromatic rings. The average molecular weight is 394 g/mol. The summed E-state index contributed by atoms with van der Waals surface area (Å²) in [5.74, 6) is -1.27. The smallest absolute Gasteiger partial charge is 0.413 e. The van der Waals surface area contributed by atoms with E-state index in [9.17, 15) is 19.5 Å². The van der Waals surface area contributed by atoms with Crippen LogP contribution >= 0.6 is 0 Å². The van der Waals surface area contributed by atoms with Gasteiger partial charge in [-0.3, -0.25) is 4.90 Å². The Labute approximate surface area is 163 Å². The third kappa shape index (κ3) is 5.59. The lowest BCUT2D eigenvalue weighted by Crippen LogP contribution is -2.65. The molecule has 0 saturated carbocycles. The number of methoxy groups -OCH3 is 1. The van der Waals surface area contributed by atoms with Gasteiger partial charge < -0.3 is 24.2 Å². The lowest BCUT2D eigenvalue weighted by Gasteiger charge is -2.43. The molecule has 1 fully saturated rings. The molecule has 1 aromatic carbocycles. The second kappa shape index (κ2) is 8.92. The van der Waals surface area contributed by atoms with Gasteiger partial charge in [-0.25, -0.2) is 14.4 Å². The van der Waals surface area contributed by atoms with Gasteiger partial charge in [-0.1, -0.05) is 30.3 Å². The molecule has 1 heterocycles. The minimum absolute atomic E-state index is 0.0346. The van der Waals surface area contributed by atoms with E-state index >= 15 is 0 Å². The largest absolute Gasteiger partial charge is 0.480 e. The Morgan fingerprint density at radius 3 is 2.29 bits per heavy atom. The van der Waals surface area contributed by atoms with Crippen molar-refractivity contribution in [3.05, 3.63) is 35.9 Å². The van der Waals surface area contributed by atoms with Gasteiger partial charge in [0.2, 0.25) is 0 Å². The lowest BCUT2D eigenvalue weighted by atomic mass is 10.1. The fraction of sp³-hybridized carbons (Fsp3) is 0.526. The van der Waals surface area contributed by atoms with E-state index in [1.807, 2.05) is 30.3 Å². The van der Waals surface area contributed by atoms with Crippen LogP contribution in [0.25, 0.3) is 0 Å². The maximum absolute atomic E-state index is 12.5. The first-order chi connectivity index (χ1) is 13.1. The molecular weight excluding hydrogens is 368 g/mol. The summed E-state index contributed by atoms with van der Waals surface area (Å²) in [6, 6.07) is 7.80. The Morgan fingerprint density at radius 2 is 1.75 bits per heavy atom. The predicted molar refractivity (Wildman–Crippen MR) is 98.5 cm³/mol. The van der Waals surface area contributed by atoms with Gasteiger partial charge in [0.15, 0.2) is 12.3 Å².